The van der Waals surface area contributed by atoms with E-state index in [0.717, 1.165) is 17.7 Å². The van der Waals surface area contributed by atoms with Crippen molar-refractivity contribution in [1.29, 1.82) is 0 Å². The van der Waals surface area contributed by atoms with Gasteiger partial charge in [-0.05, 0) is 18.8 Å². The van der Waals surface area contributed by atoms with Crippen LogP contribution >= 0.6 is 22.9 Å². The molecule has 1 aliphatic rings. The summed E-state index contributed by atoms with van der Waals surface area (Å²) < 4.78 is 0.515. The second-order valence-electron chi connectivity index (χ2n) is 5.05. The van der Waals surface area contributed by atoms with Crippen molar-refractivity contribution in [2.75, 3.05) is 0 Å². The predicted octanol–water partition coefficient (Wildman–Crippen LogP) is 2.27. The number of hydrogen-bond donors (Lipinski definition) is 1. The third-order valence-corrected chi connectivity index (χ3v) is 4.23. The highest BCUT2D eigenvalue weighted by Crippen LogP contribution is 2.30. The monoisotopic (exact) mass is 287 g/mol. The Morgan fingerprint density at radius 3 is 2.78 bits per heavy atom. The maximum atomic E-state index is 12.3. The maximum absolute atomic E-state index is 12.3. The molecule has 1 aliphatic carbocycles. The average molecular weight is 288 g/mol. The fourth-order valence-corrected chi connectivity index (χ4v) is 2.75. The van der Waals surface area contributed by atoms with Crippen LogP contribution < -0.4 is 5.73 Å². The zero-order valence-electron chi connectivity index (χ0n) is 10.6. The number of amides is 1. The summed E-state index contributed by atoms with van der Waals surface area (Å²) in [4.78, 5) is 19.2. The smallest absolute Gasteiger partial charge is 0.240 e. The molecule has 1 fully saturated rings. The molecule has 4 nitrogen and oxygen atoms in total. The molecule has 1 atom stereocenters. The van der Waals surface area contributed by atoms with Crippen LogP contribution in [-0.4, -0.2) is 27.9 Å². The van der Waals surface area contributed by atoms with Crippen LogP contribution in [0.3, 0.4) is 0 Å². The van der Waals surface area contributed by atoms with Crippen molar-refractivity contribution in [2.45, 2.75) is 45.3 Å². The number of aromatic nitrogens is 1. The summed E-state index contributed by atoms with van der Waals surface area (Å²) in [5.74, 6) is 0.195. The first-order chi connectivity index (χ1) is 8.49. The summed E-state index contributed by atoms with van der Waals surface area (Å²) in [7, 11) is 0. The quantitative estimate of drug-likeness (QED) is 0.904. The summed E-state index contributed by atoms with van der Waals surface area (Å²) in [6, 6.07) is -0.0721. The van der Waals surface area contributed by atoms with Gasteiger partial charge in [0.1, 0.15) is 0 Å². The molecule has 1 aromatic heterocycles. The largest absolute Gasteiger partial charge is 0.333 e. The van der Waals surface area contributed by atoms with Gasteiger partial charge in [0, 0.05) is 17.1 Å². The predicted molar refractivity (Wildman–Crippen MR) is 73.5 cm³/mol. The summed E-state index contributed by atoms with van der Waals surface area (Å²) in [6.07, 6.45) is 3.88. The topological polar surface area (TPSA) is 59.2 Å². The van der Waals surface area contributed by atoms with E-state index in [1.165, 1.54) is 11.3 Å². The van der Waals surface area contributed by atoms with Gasteiger partial charge in [0.25, 0.3) is 0 Å². The van der Waals surface area contributed by atoms with E-state index in [4.69, 9.17) is 17.3 Å². The molecule has 1 saturated carbocycles. The van der Waals surface area contributed by atoms with Gasteiger partial charge in [-0.15, -0.1) is 11.3 Å². The number of halogens is 1. The van der Waals surface area contributed by atoms with Crippen molar-refractivity contribution < 1.29 is 4.79 Å². The Kier molecular flexibility index (Phi) is 4.25. The van der Waals surface area contributed by atoms with Crippen molar-refractivity contribution in [3.05, 3.63) is 15.5 Å². The van der Waals surface area contributed by atoms with E-state index in [9.17, 15) is 4.79 Å². The van der Waals surface area contributed by atoms with Gasteiger partial charge >= 0.3 is 0 Å². The first-order valence-corrected chi connectivity index (χ1v) is 7.34. The molecule has 6 heteroatoms. The first-order valence-electron chi connectivity index (χ1n) is 6.15. The molecule has 0 aromatic carbocycles. The van der Waals surface area contributed by atoms with Crippen molar-refractivity contribution in [2.24, 2.45) is 11.7 Å². The van der Waals surface area contributed by atoms with E-state index in [0.29, 0.717) is 17.1 Å². The normalized spacial score (nSPS) is 16.9. The number of thiazole rings is 1. The summed E-state index contributed by atoms with van der Waals surface area (Å²) in [6.45, 7) is 4.52. The van der Waals surface area contributed by atoms with Gasteiger partial charge in [-0.1, -0.05) is 25.4 Å². The molecule has 1 amide bonds. The van der Waals surface area contributed by atoms with E-state index in [2.05, 4.69) is 4.98 Å². The lowest BCUT2D eigenvalue weighted by atomic mass is 10.0. The Morgan fingerprint density at radius 1 is 1.67 bits per heavy atom. The average Bonchev–Trinajstić information content (AvgIpc) is 3.08. The number of carbonyl (C=O) groups is 1. The van der Waals surface area contributed by atoms with Gasteiger partial charge in [-0.2, -0.15) is 0 Å². The molecule has 18 heavy (non-hydrogen) atoms. The molecular formula is C12H18ClN3OS. The van der Waals surface area contributed by atoms with Crippen LogP contribution in [0.5, 0.6) is 0 Å². The lowest BCUT2D eigenvalue weighted by Gasteiger charge is -2.26. The third-order valence-electron chi connectivity index (χ3n) is 3.13. The van der Waals surface area contributed by atoms with Crippen LogP contribution in [0.25, 0.3) is 0 Å². The van der Waals surface area contributed by atoms with Gasteiger partial charge in [0.05, 0.1) is 12.6 Å². The summed E-state index contributed by atoms with van der Waals surface area (Å²) in [5, 5.41) is 0. The lowest BCUT2D eigenvalue weighted by molar-refractivity contribution is -0.134. The van der Waals surface area contributed by atoms with Crippen LogP contribution in [0.4, 0.5) is 0 Å². The molecule has 0 saturated heterocycles. The molecule has 0 spiro atoms. The highest BCUT2D eigenvalue weighted by Gasteiger charge is 2.35. The zero-order chi connectivity index (χ0) is 13.3. The van der Waals surface area contributed by atoms with Gasteiger partial charge in [0.15, 0.2) is 4.47 Å². The fourth-order valence-electron chi connectivity index (χ4n) is 1.77. The number of nitrogens with two attached hydrogens (primary N) is 1. The van der Waals surface area contributed by atoms with E-state index in [-0.39, 0.29) is 11.8 Å². The molecule has 1 aromatic rings. The summed E-state index contributed by atoms with van der Waals surface area (Å²) >= 11 is 7.23. The second kappa shape index (κ2) is 5.55. The van der Waals surface area contributed by atoms with Crippen LogP contribution in [0, 0.1) is 5.92 Å². The Labute approximate surface area is 116 Å². The minimum Gasteiger partial charge on any atom is -0.333 e. The highest BCUT2D eigenvalue weighted by molar-refractivity contribution is 7.15. The van der Waals surface area contributed by atoms with Gasteiger partial charge in [-0.3, -0.25) is 4.79 Å². The Hall–Kier alpha value is -0.650. The molecular weight excluding hydrogens is 270 g/mol. The van der Waals surface area contributed by atoms with E-state index >= 15 is 0 Å². The SMILES string of the molecule is CC(C)C(N)C(=O)N(Cc1cnc(Cl)s1)C1CC1. The van der Waals surface area contributed by atoms with Gasteiger partial charge in [-0.25, -0.2) is 4.98 Å². The minimum atomic E-state index is -0.422. The number of carbonyl (C=O) groups excluding carboxylic acids is 1. The van der Waals surface area contributed by atoms with E-state index in [1.807, 2.05) is 18.7 Å². The summed E-state index contributed by atoms with van der Waals surface area (Å²) in [5.41, 5.74) is 5.96. The Balaban J connectivity index is 2.06. The minimum absolute atomic E-state index is 0.0389. The molecule has 1 heterocycles. The van der Waals surface area contributed by atoms with Crippen LogP contribution in [0.2, 0.25) is 4.47 Å². The van der Waals surface area contributed by atoms with E-state index in [1.54, 1.807) is 6.20 Å². The Morgan fingerprint density at radius 2 is 2.33 bits per heavy atom. The van der Waals surface area contributed by atoms with Crippen molar-refractivity contribution in [3.63, 3.8) is 0 Å². The first kappa shape index (κ1) is 13.8. The standard InChI is InChI=1S/C12H18ClN3OS/c1-7(2)10(14)11(17)16(8-3-4-8)6-9-5-15-12(13)18-9/h5,7-8,10H,3-4,6,14H2,1-2H3. The molecule has 2 N–H and O–H groups in total. The molecule has 0 aliphatic heterocycles. The molecule has 100 valence electrons. The molecule has 0 bridgehead atoms. The van der Waals surface area contributed by atoms with E-state index < -0.39 is 6.04 Å². The maximum Gasteiger partial charge on any atom is 0.240 e. The van der Waals surface area contributed by atoms with Gasteiger partial charge < -0.3 is 10.6 Å². The highest BCUT2D eigenvalue weighted by atomic mass is 35.5. The number of hydrogen-bond acceptors (Lipinski definition) is 4. The molecule has 1 unspecified atom stereocenters. The van der Waals surface area contributed by atoms with Crippen molar-refractivity contribution in [1.82, 2.24) is 9.88 Å². The molecule has 2 rings (SSSR count). The van der Waals surface area contributed by atoms with Crippen molar-refractivity contribution in [3.8, 4) is 0 Å². The van der Waals surface area contributed by atoms with Crippen LogP contribution in [0.15, 0.2) is 6.20 Å². The third kappa shape index (κ3) is 3.22. The number of rotatable bonds is 5. The van der Waals surface area contributed by atoms with Crippen LogP contribution in [0.1, 0.15) is 31.6 Å². The lowest BCUT2D eigenvalue weighted by Crippen LogP contribution is -2.47. The fraction of sp³-hybridized carbons (Fsp3) is 0.667. The molecule has 0 radical (unpaired) electrons. The van der Waals surface area contributed by atoms with Crippen LogP contribution in [-0.2, 0) is 11.3 Å². The number of nitrogens with zero attached hydrogens (tertiary/aromatic N) is 2. The second-order valence-corrected chi connectivity index (χ2v) is 6.74. The van der Waals surface area contributed by atoms with Crippen molar-refractivity contribution >= 4 is 28.8 Å². The van der Waals surface area contributed by atoms with Gasteiger partial charge in [0.2, 0.25) is 5.91 Å². The Bertz CT molecular complexity index is 431. The zero-order valence-corrected chi connectivity index (χ0v) is 12.2.